The SMILES string of the molecule is COc1cccc(F)c1C1(C)OCC(CN)O1. The third-order valence-electron chi connectivity index (χ3n) is 2.85. The van der Waals surface area contributed by atoms with Crippen LogP contribution in [0.2, 0.25) is 0 Å². The van der Waals surface area contributed by atoms with Crippen LogP contribution in [-0.4, -0.2) is 26.4 Å². The molecule has 1 fully saturated rings. The van der Waals surface area contributed by atoms with Gasteiger partial charge < -0.3 is 19.9 Å². The van der Waals surface area contributed by atoms with Crippen molar-refractivity contribution in [2.45, 2.75) is 18.8 Å². The molecule has 17 heavy (non-hydrogen) atoms. The molecule has 1 heterocycles. The molecule has 0 amide bonds. The van der Waals surface area contributed by atoms with Crippen LogP contribution in [0.4, 0.5) is 4.39 Å². The van der Waals surface area contributed by atoms with Crippen molar-refractivity contribution in [3.63, 3.8) is 0 Å². The maximum Gasteiger partial charge on any atom is 0.198 e. The maximum atomic E-state index is 13.9. The molecule has 2 unspecified atom stereocenters. The highest BCUT2D eigenvalue weighted by Crippen LogP contribution is 2.40. The standard InChI is InChI=1S/C12H16FNO3/c1-12(16-7-8(6-14)17-12)11-9(13)4-3-5-10(11)15-2/h3-5,8H,6-7,14H2,1-2H3. The monoisotopic (exact) mass is 241 g/mol. The summed E-state index contributed by atoms with van der Waals surface area (Å²) >= 11 is 0. The van der Waals surface area contributed by atoms with Crippen molar-refractivity contribution in [1.29, 1.82) is 0 Å². The normalized spacial score (nSPS) is 28.4. The van der Waals surface area contributed by atoms with Gasteiger partial charge in [-0.2, -0.15) is 0 Å². The number of ether oxygens (including phenoxy) is 3. The van der Waals surface area contributed by atoms with Crippen molar-refractivity contribution in [2.24, 2.45) is 5.73 Å². The summed E-state index contributed by atoms with van der Waals surface area (Å²) in [7, 11) is 1.48. The molecular weight excluding hydrogens is 225 g/mol. The molecule has 94 valence electrons. The van der Waals surface area contributed by atoms with Crippen molar-refractivity contribution >= 4 is 0 Å². The van der Waals surface area contributed by atoms with Crippen LogP contribution < -0.4 is 10.5 Å². The molecule has 0 saturated carbocycles. The molecule has 1 aromatic rings. The van der Waals surface area contributed by atoms with Crippen LogP contribution in [0.25, 0.3) is 0 Å². The summed E-state index contributed by atoms with van der Waals surface area (Å²) in [6, 6.07) is 4.61. The van der Waals surface area contributed by atoms with Crippen molar-refractivity contribution in [2.75, 3.05) is 20.3 Å². The van der Waals surface area contributed by atoms with E-state index in [0.29, 0.717) is 18.9 Å². The minimum atomic E-state index is -1.14. The van der Waals surface area contributed by atoms with Gasteiger partial charge in [0.1, 0.15) is 11.6 Å². The van der Waals surface area contributed by atoms with Gasteiger partial charge in [0.05, 0.1) is 25.4 Å². The third kappa shape index (κ3) is 2.13. The zero-order chi connectivity index (χ0) is 12.5. The fourth-order valence-electron chi connectivity index (χ4n) is 2.00. The molecule has 1 aliphatic heterocycles. The molecule has 5 heteroatoms. The third-order valence-corrected chi connectivity index (χ3v) is 2.85. The van der Waals surface area contributed by atoms with E-state index in [2.05, 4.69) is 0 Å². The molecule has 0 aromatic heterocycles. The lowest BCUT2D eigenvalue weighted by Crippen LogP contribution is -2.28. The molecule has 4 nitrogen and oxygen atoms in total. The van der Waals surface area contributed by atoms with Crippen molar-refractivity contribution in [1.82, 2.24) is 0 Å². The van der Waals surface area contributed by atoms with Crippen molar-refractivity contribution in [3.8, 4) is 5.75 Å². The number of hydrogen-bond donors (Lipinski definition) is 1. The Bertz CT molecular complexity index is 413. The topological polar surface area (TPSA) is 53.7 Å². The van der Waals surface area contributed by atoms with Crippen LogP contribution in [-0.2, 0) is 15.3 Å². The first kappa shape index (κ1) is 12.3. The van der Waals surface area contributed by atoms with Crippen molar-refractivity contribution < 1.29 is 18.6 Å². The van der Waals surface area contributed by atoms with Gasteiger partial charge in [0.25, 0.3) is 0 Å². The lowest BCUT2D eigenvalue weighted by molar-refractivity contribution is -0.163. The summed E-state index contributed by atoms with van der Waals surface area (Å²) in [6.45, 7) is 2.36. The van der Waals surface area contributed by atoms with Gasteiger partial charge in [-0.3, -0.25) is 0 Å². The number of halogens is 1. The fourth-order valence-corrected chi connectivity index (χ4v) is 2.00. The predicted octanol–water partition coefficient (Wildman–Crippen LogP) is 1.38. The molecule has 1 aliphatic rings. The molecule has 2 rings (SSSR count). The molecule has 2 N–H and O–H groups in total. The first-order valence-electron chi connectivity index (χ1n) is 5.45. The zero-order valence-electron chi connectivity index (χ0n) is 9.90. The summed E-state index contributed by atoms with van der Waals surface area (Å²) in [6.07, 6.45) is -0.218. The Morgan fingerprint density at radius 2 is 2.35 bits per heavy atom. The van der Waals surface area contributed by atoms with E-state index >= 15 is 0 Å². The van der Waals surface area contributed by atoms with Crippen LogP contribution >= 0.6 is 0 Å². The predicted molar refractivity (Wildman–Crippen MR) is 60.2 cm³/mol. The maximum absolute atomic E-state index is 13.9. The Kier molecular flexibility index (Phi) is 3.33. The second kappa shape index (κ2) is 4.60. The minimum Gasteiger partial charge on any atom is -0.496 e. The molecule has 0 spiro atoms. The first-order chi connectivity index (χ1) is 8.10. The quantitative estimate of drug-likeness (QED) is 0.868. The van der Waals surface area contributed by atoms with Crippen LogP contribution in [0.5, 0.6) is 5.75 Å². The Hall–Kier alpha value is -1.17. The van der Waals surface area contributed by atoms with Gasteiger partial charge in [0.15, 0.2) is 5.79 Å². The highest BCUT2D eigenvalue weighted by molar-refractivity contribution is 5.38. The smallest absolute Gasteiger partial charge is 0.198 e. The second-order valence-corrected chi connectivity index (χ2v) is 4.05. The fraction of sp³-hybridized carbons (Fsp3) is 0.500. The molecular formula is C12H16FNO3. The van der Waals surface area contributed by atoms with Gasteiger partial charge in [0.2, 0.25) is 0 Å². The summed E-state index contributed by atoms with van der Waals surface area (Å²) < 4.78 is 30.2. The van der Waals surface area contributed by atoms with E-state index in [4.69, 9.17) is 19.9 Å². The summed E-state index contributed by atoms with van der Waals surface area (Å²) in [5.74, 6) is -1.14. The van der Waals surface area contributed by atoms with Crippen LogP contribution in [0, 0.1) is 5.82 Å². The van der Waals surface area contributed by atoms with E-state index in [1.54, 1.807) is 19.1 Å². The highest BCUT2D eigenvalue weighted by Gasteiger charge is 2.42. The molecule has 0 bridgehead atoms. The lowest BCUT2D eigenvalue weighted by atomic mass is 10.1. The number of hydrogen-bond acceptors (Lipinski definition) is 4. The molecule has 1 saturated heterocycles. The van der Waals surface area contributed by atoms with E-state index < -0.39 is 11.6 Å². The summed E-state index contributed by atoms with van der Waals surface area (Å²) in [4.78, 5) is 0. The number of rotatable bonds is 3. The Balaban J connectivity index is 2.40. The van der Waals surface area contributed by atoms with Gasteiger partial charge in [-0.05, 0) is 19.1 Å². The summed E-state index contributed by atoms with van der Waals surface area (Å²) in [5.41, 5.74) is 5.79. The van der Waals surface area contributed by atoms with Crippen LogP contribution in [0.15, 0.2) is 18.2 Å². The number of methoxy groups -OCH3 is 1. The Labute approximate surface area is 99.5 Å². The number of benzene rings is 1. The van der Waals surface area contributed by atoms with E-state index in [1.807, 2.05) is 0 Å². The van der Waals surface area contributed by atoms with Gasteiger partial charge in [0, 0.05) is 6.54 Å². The van der Waals surface area contributed by atoms with E-state index in [9.17, 15) is 4.39 Å². The number of nitrogens with two attached hydrogens (primary N) is 1. The van der Waals surface area contributed by atoms with Crippen LogP contribution in [0.3, 0.4) is 0 Å². The average Bonchev–Trinajstić information content (AvgIpc) is 2.71. The average molecular weight is 241 g/mol. The van der Waals surface area contributed by atoms with Gasteiger partial charge in [-0.15, -0.1) is 0 Å². The van der Waals surface area contributed by atoms with E-state index in [0.717, 1.165) is 0 Å². The largest absolute Gasteiger partial charge is 0.496 e. The van der Waals surface area contributed by atoms with Gasteiger partial charge in [-0.1, -0.05) is 6.07 Å². The Morgan fingerprint density at radius 3 is 2.94 bits per heavy atom. The van der Waals surface area contributed by atoms with Crippen LogP contribution in [0.1, 0.15) is 12.5 Å². The molecule has 0 radical (unpaired) electrons. The minimum absolute atomic E-state index is 0.218. The highest BCUT2D eigenvalue weighted by atomic mass is 19.1. The summed E-state index contributed by atoms with van der Waals surface area (Å²) in [5, 5.41) is 0. The second-order valence-electron chi connectivity index (χ2n) is 4.05. The van der Waals surface area contributed by atoms with Gasteiger partial charge in [-0.25, -0.2) is 4.39 Å². The zero-order valence-corrected chi connectivity index (χ0v) is 9.90. The Morgan fingerprint density at radius 1 is 1.59 bits per heavy atom. The van der Waals surface area contributed by atoms with E-state index in [1.165, 1.54) is 13.2 Å². The van der Waals surface area contributed by atoms with Crippen molar-refractivity contribution in [3.05, 3.63) is 29.6 Å². The molecule has 0 aliphatic carbocycles. The molecule has 2 atom stereocenters. The van der Waals surface area contributed by atoms with Gasteiger partial charge >= 0.3 is 0 Å². The van der Waals surface area contributed by atoms with E-state index in [-0.39, 0.29) is 11.7 Å². The lowest BCUT2D eigenvalue weighted by Gasteiger charge is -2.25. The first-order valence-corrected chi connectivity index (χ1v) is 5.45. The molecule has 1 aromatic carbocycles.